The van der Waals surface area contributed by atoms with Crippen LogP contribution in [0.25, 0.3) is 0 Å². The van der Waals surface area contributed by atoms with Crippen LogP contribution in [-0.4, -0.2) is 15.7 Å². The Hall–Kier alpha value is -2.48. The van der Waals surface area contributed by atoms with E-state index in [1.54, 1.807) is 18.2 Å². The molecule has 2 aromatic rings. The summed E-state index contributed by atoms with van der Waals surface area (Å²) in [6, 6.07) is 7.73. The van der Waals surface area contributed by atoms with Crippen LogP contribution in [0.1, 0.15) is 11.3 Å². The summed E-state index contributed by atoms with van der Waals surface area (Å²) >= 11 is 3.20. The van der Waals surface area contributed by atoms with Gasteiger partial charge in [0, 0.05) is 16.7 Å². The average molecular weight is 351 g/mol. The molecule has 0 aliphatic carbocycles. The van der Waals surface area contributed by atoms with Crippen molar-refractivity contribution in [1.82, 2.24) is 4.98 Å². The van der Waals surface area contributed by atoms with Crippen LogP contribution in [0.15, 0.2) is 41.0 Å². The van der Waals surface area contributed by atoms with Crippen LogP contribution < -0.4 is 10.5 Å². The second-order valence-electron chi connectivity index (χ2n) is 4.15. The van der Waals surface area contributed by atoms with Gasteiger partial charge in [-0.3, -0.25) is 20.5 Å². The van der Waals surface area contributed by atoms with E-state index in [1.807, 2.05) is 0 Å². The van der Waals surface area contributed by atoms with E-state index in [-0.39, 0.29) is 18.1 Å². The monoisotopic (exact) mass is 350 g/mol. The van der Waals surface area contributed by atoms with E-state index in [4.69, 9.17) is 15.9 Å². The number of aromatic nitrogens is 1. The van der Waals surface area contributed by atoms with E-state index in [2.05, 4.69) is 20.9 Å². The van der Waals surface area contributed by atoms with Gasteiger partial charge < -0.3 is 10.5 Å². The van der Waals surface area contributed by atoms with Crippen molar-refractivity contribution in [2.24, 2.45) is 5.73 Å². The van der Waals surface area contributed by atoms with Crippen molar-refractivity contribution in [1.29, 1.82) is 5.41 Å². The number of amidine groups is 1. The summed E-state index contributed by atoms with van der Waals surface area (Å²) in [6.07, 6.45) is 1.53. The number of ether oxygens (including phenoxy) is 1. The van der Waals surface area contributed by atoms with E-state index in [9.17, 15) is 10.1 Å². The predicted octanol–water partition coefficient (Wildman–Crippen LogP) is 2.62. The highest BCUT2D eigenvalue weighted by molar-refractivity contribution is 9.10. The molecule has 21 heavy (non-hydrogen) atoms. The third kappa shape index (κ3) is 3.99. The number of nitro benzene ring substituents is 1. The van der Waals surface area contributed by atoms with Gasteiger partial charge >= 0.3 is 0 Å². The van der Waals surface area contributed by atoms with Crippen molar-refractivity contribution in [3.63, 3.8) is 0 Å². The van der Waals surface area contributed by atoms with Gasteiger partial charge in [-0.05, 0) is 23.8 Å². The zero-order valence-electron chi connectivity index (χ0n) is 10.7. The van der Waals surface area contributed by atoms with Crippen molar-refractivity contribution in [3.05, 3.63) is 62.4 Å². The fraction of sp³-hybridized carbons (Fsp3) is 0.0769. The van der Waals surface area contributed by atoms with Crippen LogP contribution in [0.4, 0.5) is 5.69 Å². The first-order chi connectivity index (χ1) is 9.95. The molecular formula is C13H11BrN4O3. The van der Waals surface area contributed by atoms with Gasteiger partial charge in [0.25, 0.3) is 5.69 Å². The lowest BCUT2D eigenvalue weighted by Crippen LogP contribution is -2.13. The molecule has 0 saturated heterocycles. The molecule has 2 rings (SSSR count). The summed E-state index contributed by atoms with van der Waals surface area (Å²) in [4.78, 5) is 14.2. The Morgan fingerprint density at radius 1 is 1.43 bits per heavy atom. The number of rotatable bonds is 5. The first-order valence-corrected chi connectivity index (χ1v) is 6.62. The largest absolute Gasteiger partial charge is 0.489 e. The zero-order valence-corrected chi connectivity index (χ0v) is 12.3. The highest BCUT2D eigenvalue weighted by Crippen LogP contribution is 2.26. The molecule has 0 spiro atoms. The van der Waals surface area contributed by atoms with Crippen molar-refractivity contribution < 1.29 is 9.66 Å². The number of hydrogen-bond acceptors (Lipinski definition) is 5. The molecule has 1 aromatic heterocycles. The molecule has 108 valence electrons. The first kappa shape index (κ1) is 14.9. The second-order valence-corrected chi connectivity index (χ2v) is 5.07. The van der Waals surface area contributed by atoms with Gasteiger partial charge in [0.1, 0.15) is 23.9 Å². The van der Waals surface area contributed by atoms with Crippen molar-refractivity contribution in [2.75, 3.05) is 0 Å². The molecule has 0 saturated carbocycles. The van der Waals surface area contributed by atoms with Crippen molar-refractivity contribution in [2.45, 2.75) is 6.61 Å². The molecule has 1 heterocycles. The van der Waals surface area contributed by atoms with E-state index in [0.717, 1.165) is 5.56 Å². The minimum atomic E-state index is -0.488. The smallest absolute Gasteiger partial charge is 0.274 e. The highest BCUT2D eigenvalue weighted by atomic mass is 79.9. The molecule has 0 radical (unpaired) electrons. The van der Waals surface area contributed by atoms with E-state index >= 15 is 0 Å². The van der Waals surface area contributed by atoms with Gasteiger partial charge in [-0.2, -0.15) is 0 Å². The molecule has 0 aliphatic rings. The van der Waals surface area contributed by atoms with Crippen LogP contribution >= 0.6 is 15.9 Å². The van der Waals surface area contributed by atoms with Crippen LogP contribution in [0.5, 0.6) is 5.75 Å². The van der Waals surface area contributed by atoms with Gasteiger partial charge in [0.05, 0.1) is 11.0 Å². The number of nitro groups is 1. The fourth-order valence-electron chi connectivity index (χ4n) is 1.61. The zero-order chi connectivity index (χ0) is 15.4. The van der Waals surface area contributed by atoms with Gasteiger partial charge in [-0.25, -0.2) is 0 Å². The molecule has 0 aliphatic heterocycles. The third-order valence-corrected chi connectivity index (χ3v) is 3.03. The maximum Gasteiger partial charge on any atom is 0.274 e. The molecule has 0 unspecified atom stereocenters. The molecule has 0 fully saturated rings. The molecule has 1 aromatic carbocycles. The molecule has 0 amide bonds. The van der Waals surface area contributed by atoms with Crippen molar-refractivity contribution in [3.8, 4) is 5.75 Å². The SMILES string of the molecule is N=C(N)c1cc(COc2cc(Br)cc([N+](=O)[O-])c2)ccn1. The highest BCUT2D eigenvalue weighted by Gasteiger charge is 2.10. The molecule has 7 nitrogen and oxygen atoms in total. The minimum Gasteiger partial charge on any atom is -0.489 e. The quantitative estimate of drug-likeness (QED) is 0.372. The number of halogens is 1. The number of nitrogens with zero attached hydrogens (tertiary/aromatic N) is 2. The fourth-order valence-corrected chi connectivity index (χ4v) is 2.07. The van der Waals surface area contributed by atoms with E-state index < -0.39 is 4.92 Å². The lowest BCUT2D eigenvalue weighted by Gasteiger charge is -2.07. The number of hydrogen-bond donors (Lipinski definition) is 2. The summed E-state index contributed by atoms with van der Waals surface area (Å²) in [7, 11) is 0. The van der Waals surface area contributed by atoms with Gasteiger partial charge in [0.15, 0.2) is 0 Å². The summed E-state index contributed by atoms with van der Waals surface area (Å²) in [5.74, 6) is 0.243. The topological polar surface area (TPSA) is 115 Å². The molecule has 3 N–H and O–H groups in total. The Labute approximate surface area is 128 Å². The Morgan fingerprint density at radius 3 is 2.86 bits per heavy atom. The predicted molar refractivity (Wildman–Crippen MR) is 80.4 cm³/mol. The standard InChI is InChI=1S/C13H11BrN4O3/c14-9-4-10(18(19)20)6-11(5-9)21-7-8-1-2-17-12(3-8)13(15)16/h1-6H,7H2,(H3,15,16). The summed E-state index contributed by atoms with van der Waals surface area (Å²) in [6.45, 7) is 0.191. The lowest BCUT2D eigenvalue weighted by molar-refractivity contribution is -0.385. The number of nitrogens with one attached hydrogen (secondary N) is 1. The number of nitrogen functional groups attached to an aromatic ring is 1. The number of non-ortho nitro benzene ring substituents is 1. The van der Waals surface area contributed by atoms with Crippen LogP contribution in [0, 0.1) is 15.5 Å². The van der Waals surface area contributed by atoms with E-state index in [0.29, 0.717) is 15.9 Å². The minimum absolute atomic E-state index is 0.0569. The average Bonchev–Trinajstić information content (AvgIpc) is 2.45. The Morgan fingerprint density at radius 2 is 2.19 bits per heavy atom. The van der Waals surface area contributed by atoms with Crippen LogP contribution in [0.3, 0.4) is 0 Å². The number of nitrogens with two attached hydrogens (primary N) is 1. The normalized spacial score (nSPS) is 10.1. The Bertz CT molecular complexity index is 706. The third-order valence-electron chi connectivity index (χ3n) is 2.57. The maximum absolute atomic E-state index is 10.8. The van der Waals surface area contributed by atoms with Gasteiger partial charge in [-0.15, -0.1) is 0 Å². The summed E-state index contributed by atoms with van der Waals surface area (Å²) < 4.78 is 6.09. The number of benzene rings is 1. The first-order valence-electron chi connectivity index (χ1n) is 5.83. The maximum atomic E-state index is 10.8. The molecule has 8 heteroatoms. The molecular weight excluding hydrogens is 340 g/mol. The van der Waals surface area contributed by atoms with E-state index in [1.165, 1.54) is 18.3 Å². The Kier molecular flexibility index (Phi) is 4.49. The summed E-state index contributed by atoms with van der Waals surface area (Å²) in [5.41, 5.74) is 6.42. The van der Waals surface area contributed by atoms with Gasteiger partial charge in [-0.1, -0.05) is 15.9 Å². The lowest BCUT2D eigenvalue weighted by atomic mass is 10.2. The second kappa shape index (κ2) is 6.31. The molecule has 0 bridgehead atoms. The number of pyridine rings is 1. The van der Waals surface area contributed by atoms with Crippen LogP contribution in [0.2, 0.25) is 0 Å². The molecule has 0 atom stereocenters. The Balaban J connectivity index is 2.14. The van der Waals surface area contributed by atoms with Gasteiger partial charge in [0.2, 0.25) is 0 Å². The van der Waals surface area contributed by atoms with Crippen LogP contribution in [-0.2, 0) is 6.61 Å². The van der Waals surface area contributed by atoms with Crippen molar-refractivity contribution >= 4 is 27.5 Å². The summed E-state index contributed by atoms with van der Waals surface area (Å²) in [5, 5.41) is 18.1.